The van der Waals surface area contributed by atoms with Crippen LogP contribution in [-0.4, -0.2) is 17.9 Å². The number of benzene rings is 1. The second kappa shape index (κ2) is 7.05. The molecule has 0 radical (unpaired) electrons. The maximum Gasteiger partial charge on any atom is 0.252 e. The molecule has 0 heterocycles. The van der Waals surface area contributed by atoms with Crippen LogP contribution in [0.5, 0.6) is 0 Å². The van der Waals surface area contributed by atoms with E-state index in [0.29, 0.717) is 5.56 Å². The van der Waals surface area contributed by atoms with Crippen molar-refractivity contribution < 1.29 is 9.59 Å². The summed E-state index contributed by atoms with van der Waals surface area (Å²) >= 11 is 6.63. The molecule has 0 bridgehead atoms. The fourth-order valence-electron chi connectivity index (χ4n) is 1.64. The SMILES string of the molecule is CC[C@@H](C)[C@@H](NC(=O)c1cc(Br)cc(Br)c1)C(N)=O. The Hall–Kier alpha value is -0.880. The first kappa shape index (κ1) is 16.2. The van der Waals surface area contributed by atoms with Crippen molar-refractivity contribution in [3.05, 3.63) is 32.7 Å². The Morgan fingerprint density at radius 3 is 2.21 bits per heavy atom. The number of primary amides is 1. The first-order valence-electron chi connectivity index (χ1n) is 5.91. The number of halogens is 2. The van der Waals surface area contributed by atoms with Crippen molar-refractivity contribution in [2.24, 2.45) is 11.7 Å². The molecular weight excluding hydrogens is 376 g/mol. The molecule has 0 aliphatic rings. The summed E-state index contributed by atoms with van der Waals surface area (Å²) in [5.41, 5.74) is 5.80. The van der Waals surface area contributed by atoms with Crippen LogP contribution in [0.2, 0.25) is 0 Å². The summed E-state index contributed by atoms with van der Waals surface area (Å²) in [4.78, 5) is 23.5. The van der Waals surface area contributed by atoms with Crippen molar-refractivity contribution in [1.82, 2.24) is 5.32 Å². The minimum Gasteiger partial charge on any atom is -0.368 e. The van der Waals surface area contributed by atoms with Gasteiger partial charge in [-0.3, -0.25) is 9.59 Å². The number of nitrogens with one attached hydrogen (secondary N) is 1. The zero-order valence-electron chi connectivity index (χ0n) is 10.7. The lowest BCUT2D eigenvalue weighted by atomic mass is 9.98. The van der Waals surface area contributed by atoms with Crippen LogP contribution in [0.4, 0.5) is 0 Å². The second-order valence-corrected chi connectivity index (χ2v) is 6.23. The van der Waals surface area contributed by atoms with E-state index in [4.69, 9.17) is 5.73 Å². The Morgan fingerprint density at radius 1 is 1.26 bits per heavy atom. The standard InChI is InChI=1S/C13H16Br2N2O2/c1-3-7(2)11(12(16)18)17-13(19)8-4-9(14)6-10(15)5-8/h4-7,11H,3H2,1-2H3,(H2,16,18)(H,17,19)/t7-,11-/m1/s1. The largest absolute Gasteiger partial charge is 0.368 e. The summed E-state index contributed by atoms with van der Waals surface area (Å²) in [6.45, 7) is 3.83. The third-order valence-electron chi connectivity index (χ3n) is 2.93. The molecule has 0 spiro atoms. The van der Waals surface area contributed by atoms with Gasteiger partial charge < -0.3 is 11.1 Å². The monoisotopic (exact) mass is 390 g/mol. The van der Waals surface area contributed by atoms with E-state index in [-0.39, 0.29) is 11.8 Å². The summed E-state index contributed by atoms with van der Waals surface area (Å²) in [6, 6.07) is 4.55. The van der Waals surface area contributed by atoms with Crippen LogP contribution >= 0.6 is 31.9 Å². The molecule has 3 N–H and O–H groups in total. The first-order valence-corrected chi connectivity index (χ1v) is 7.50. The second-order valence-electron chi connectivity index (χ2n) is 4.40. The molecule has 0 saturated heterocycles. The summed E-state index contributed by atoms with van der Waals surface area (Å²) in [7, 11) is 0. The van der Waals surface area contributed by atoms with Crippen LogP contribution in [0.15, 0.2) is 27.1 Å². The minimum absolute atomic E-state index is 0.00274. The van der Waals surface area contributed by atoms with Crippen molar-refractivity contribution in [2.45, 2.75) is 26.3 Å². The van der Waals surface area contributed by atoms with Crippen LogP contribution in [0, 0.1) is 5.92 Å². The van der Waals surface area contributed by atoms with Gasteiger partial charge in [-0.25, -0.2) is 0 Å². The maximum absolute atomic E-state index is 12.1. The fourth-order valence-corrected chi connectivity index (χ4v) is 2.93. The zero-order valence-corrected chi connectivity index (χ0v) is 13.9. The van der Waals surface area contributed by atoms with Crippen molar-refractivity contribution in [2.75, 3.05) is 0 Å². The molecule has 0 aliphatic carbocycles. The molecule has 0 unspecified atom stereocenters. The molecule has 1 aromatic carbocycles. The van der Waals surface area contributed by atoms with Gasteiger partial charge in [-0.1, -0.05) is 52.1 Å². The topological polar surface area (TPSA) is 72.2 Å². The van der Waals surface area contributed by atoms with Crippen molar-refractivity contribution >= 4 is 43.7 Å². The number of hydrogen-bond acceptors (Lipinski definition) is 2. The van der Waals surface area contributed by atoms with Gasteiger partial charge in [0.25, 0.3) is 5.91 Å². The van der Waals surface area contributed by atoms with E-state index in [1.54, 1.807) is 12.1 Å². The van der Waals surface area contributed by atoms with Gasteiger partial charge in [0, 0.05) is 14.5 Å². The smallest absolute Gasteiger partial charge is 0.252 e. The molecule has 0 fully saturated rings. The Morgan fingerprint density at radius 2 is 1.79 bits per heavy atom. The average Bonchev–Trinajstić information content (AvgIpc) is 2.33. The van der Waals surface area contributed by atoms with Gasteiger partial charge in [-0.15, -0.1) is 0 Å². The van der Waals surface area contributed by atoms with E-state index in [9.17, 15) is 9.59 Å². The third-order valence-corrected chi connectivity index (χ3v) is 3.85. The van der Waals surface area contributed by atoms with Gasteiger partial charge in [0.1, 0.15) is 6.04 Å². The molecule has 6 heteroatoms. The molecule has 0 aromatic heterocycles. The van der Waals surface area contributed by atoms with Gasteiger partial charge in [-0.2, -0.15) is 0 Å². The van der Waals surface area contributed by atoms with Crippen molar-refractivity contribution in [3.63, 3.8) is 0 Å². The van der Waals surface area contributed by atoms with E-state index >= 15 is 0 Å². The molecule has 2 atom stereocenters. The highest BCUT2D eigenvalue weighted by Crippen LogP contribution is 2.20. The number of hydrogen-bond donors (Lipinski definition) is 2. The first-order chi connectivity index (χ1) is 8.85. The lowest BCUT2D eigenvalue weighted by Gasteiger charge is -2.21. The van der Waals surface area contributed by atoms with E-state index < -0.39 is 11.9 Å². The summed E-state index contributed by atoms with van der Waals surface area (Å²) in [6.07, 6.45) is 0.760. The molecule has 0 aliphatic heterocycles. The van der Waals surface area contributed by atoms with E-state index in [1.165, 1.54) is 0 Å². The lowest BCUT2D eigenvalue weighted by Crippen LogP contribution is -2.48. The van der Waals surface area contributed by atoms with E-state index in [1.807, 2.05) is 19.9 Å². The Balaban J connectivity index is 2.90. The lowest BCUT2D eigenvalue weighted by molar-refractivity contribution is -0.120. The molecule has 2 amide bonds. The maximum atomic E-state index is 12.1. The van der Waals surface area contributed by atoms with Gasteiger partial charge >= 0.3 is 0 Å². The molecule has 1 aromatic rings. The highest BCUT2D eigenvalue weighted by atomic mass is 79.9. The van der Waals surface area contributed by atoms with Crippen molar-refractivity contribution in [1.29, 1.82) is 0 Å². The Kier molecular flexibility index (Phi) is 6.00. The predicted molar refractivity (Wildman–Crippen MR) is 81.7 cm³/mol. The molecule has 104 valence electrons. The minimum atomic E-state index is -0.657. The summed E-state index contributed by atoms with van der Waals surface area (Å²) in [5, 5.41) is 2.68. The molecule has 19 heavy (non-hydrogen) atoms. The molecular formula is C13H16Br2N2O2. The normalized spacial score (nSPS) is 13.7. The quantitative estimate of drug-likeness (QED) is 0.809. The number of carbonyl (C=O) groups excluding carboxylic acids is 2. The van der Waals surface area contributed by atoms with Gasteiger partial charge in [0.15, 0.2) is 0 Å². The highest BCUT2D eigenvalue weighted by molar-refractivity contribution is 9.11. The Bertz CT molecular complexity index is 471. The van der Waals surface area contributed by atoms with Crippen LogP contribution in [-0.2, 0) is 4.79 Å². The van der Waals surface area contributed by atoms with Crippen LogP contribution < -0.4 is 11.1 Å². The van der Waals surface area contributed by atoms with Gasteiger partial charge in [0.2, 0.25) is 5.91 Å². The third kappa shape index (κ3) is 4.62. The summed E-state index contributed by atoms with van der Waals surface area (Å²) in [5.74, 6) is -0.833. The van der Waals surface area contributed by atoms with Gasteiger partial charge in [0.05, 0.1) is 0 Å². The zero-order chi connectivity index (χ0) is 14.6. The number of amides is 2. The van der Waals surface area contributed by atoms with Crippen LogP contribution in [0.1, 0.15) is 30.6 Å². The highest BCUT2D eigenvalue weighted by Gasteiger charge is 2.24. The number of carbonyl (C=O) groups is 2. The Labute approximate surface area is 129 Å². The average molecular weight is 392 g/mol. The van der Waals surface area contributed by atoms with E-state index in [0.717, 1.165) is 15.4 Å². The van der Waals surface area contributed by atoms with Crippen LogP contribution in [0.25, 0.3) is 0 Å². The van der Waals surface area contributed by atoms with E-state index in [2.05, 4.69) is 37.2 Å². The van der Waals surface area contributed by atoms with Crippen molar-refractivity contribution in [3.8, 4) is 0 Å². The number of rotatable bonds is 5. The number of nitrogens with two attached hydrogens (primary N) is 1. The summed E-state index contributed by atoms with van der Waals surface area (Å²) < 4.78 is 1.57. The molecule has 0 saturated carbocycles. The fraction of sp³-hybridized carbons (Fsp3) is 0.385. The van der Waals surface area contributed by atoms with Crippen LogP contribution in [0.3, 0.4) is 0 Å². The van der Waals surface area contributed by atoms with Gasteiger partial charge in [-0.05, 0) is 24.1 Å². The molecule has 1 rings (SSSR count). The molecule has 4 nitrogen and oxygen atoms in total. The predicted octanol–water partition coefficient (Wildman–Crippen LogP) is 2.84.